The van der Waals surface area contributed by atoms with Crippen LogP contribution in [0.3, 0.4) is 0 Å². The number of piperidine rings is 1. The zero-order chi connectivity index (χ0) is 20.8. The van der Waals surface area contributed by atoms with Crippen molar-refractivity contribution in [2.24, 2.45) is 5.92 Å². The van der Waals surface area contributed by atoms with E-state index in [1.54, 1.807) is 4.52 Å². The molecule has 7 heteroatoms. The second kappa shape index (κ2) is 7.84. The number of rotatable bonds is 3. The van der Waals surface area contributed by atoms with Crippen LogP contribution in [0.1, 0.15) is 75.2 Å². The number of carbonyl (C=O) groups excluding carboxylic acids is 1. The zero-order valence-corrected chi connectivity index (χ0v) is 18.2. The molecule has 2 aliphatic heterocycles. The molecule has 2 aromatic rings. The third-order valence-corrected chi connectivity index (χ3v) is 7.32. The van der Waals surface area contributed by atoms with Gasteiger partial charge in [0.1, 0.15) is 0 Å². The van der Waals surface area contributed by atoms with E-state index in [0.29, 0.717) is 12.6 Å². The van der Waals surface area contributed by atoms with Crippen LogP contribution in [0.5, 0.6) is 0 Å². The molecule has 0 aromatic carbocycles. The van der Waals surface area contributed by atoms with E-state index in [-0.39, 0.29) is 23.3 Å². The van der Waals surface area contributed by atoms with Crippen molar-refractivity contribution in [2.75, 3.05) is 19.6 Å². The maximum absolute atomic E-state index is 13.3. The number of nitrogens with zero attached hydrogens (tertiary/aromatic N) is 4. The minimum Gasteiger partial charge on any atom is -0.342 e. The summed E-state index contributed by atoms with van der Waals surface area (Å²) in [5.41, 5.74) is 3.63. The molecule has 1 amide bonds. The highest BCUT2D eigenvalue weighted by atomic mass is 16.2. The summed E-state index contributed by atoms with van der Waals surface area (Å²) in [5, 5.41) is 3.34. The van der Waals surface area contributed by atoms with Crippen molar-refractivity contribution in [3.05, 3.63) is 33.4 Å². The molecule has 1 unspecified atom stereocenters. The summed E-state index contributed by atoms with van der Waals surface area (Å²) < 4.78 is 1.63. The molecule has 30 heavy (non-hydrogen) atoms. The molecule has 0 bridgehead atoms. The van der Waals surface area contributed by atoms with Crippen molar-refractivity contribution < 1.29 is 4.79 Å². The number of H-pyrrole nitrogens is 1. The van der Waals surface area contributed by atoms with Crippen molar-refractivity contribution in [3.63, 3.8) is 0 Å². The van der Waals surface area contributed by atoms with Crippen LogP contribution in [0.15, 0.2) is 10.9 Å². The van der Waals surface area contributed by atoms with Crippen molar-refractivity contribution in [3.8, 4) is 0 Å². The predicted molar refractivity (Wildman–Crippen MR) is 116 cm³/mol. The standard InChI is InChI=1S/C23H33N5O2/c1-15(2)22(29)27-10-5-6-16(13-27)20-12-21-24-19-9-11-26(17-7-3-4-8-17)14-18(19)23(30)28(21)25-20/h12,15-17,25H,3-11,13-14H2,1-2H3. The summed E-state index contributed by atoms with van der Waals surface area (Å²) in [5.74, 6) is 0.466. The van der Waals surface area contributed by atoms with Crippen LogP contribution in [-0.4, -0.2) is 56.0 Å². The van der Waals surface area contributed by atoms with E-state index in [1.807, 2.05) is 24.8 Å². The molecule has 4 heterocycles. The second-order valence-electron chi connectivity index (χ2n) is 9.68. The van der Waals surface area contributed by atoms with Gasteiger partial charge in [-0.25, -0.2) is 9.50 Å². The fraction of sp³-hybridized carbons (Fsp3) is 0.696. The monoisotopic (exact) mass is 411 g/mol. The van der Waals surface area contributed by atoms with E-state index in [2.05, 4.69) is 10.00 Å². The summed E-state index contributed by atoms with van der Waals surface area (Å²) in [7, 11) is 0. The largest absolute Gasteiger partial charge is 0.342 e. The Kier molecular flexibility index (Phi) is 5.17. The number of likely N-dealkylation sites (tertiary alicyclic amines) is 1. The quantitative estimate of drug-likeness (QED) is 0.843. The highest BCUT2D eigenvalue weighted by Crippen LogP contribution is 2.29. The first kappa shape index (κ1) is 19.8. The third kappa shape index (κ3) is 3.47. The van der Waals surface area contributed by atoms with Gasteiger partial charge in [0.2, 0.25) is 5.91 Å². The Morgan fingerprint density at radius 3 is 2.73 bits per heavy atom. The molecule has 1 atom stereocenters. The number of aromatic nitrogens is 3. The van der Waals surface area contributed by atoms with Crippen LogP contribution in [0, 0.1) is 5.92 Å². The molecule has 1 saturated carbocycles. The maximum atomic E-state index is 13.3. The molecule has 0 radical (unpaired) electrons. The van der Waals surface area contributed by atoms with Crippen LogP contribution >= 0.6 is 0 Å². The Labute approximate surface area is 177 Å². The average Bonchev–Trinajstić information content (AvgIpc) is 3.43. The van der Waals surface area contributed by atoms with Crippen molar-refractivity contribution >= 4 is 11.6 Å². The Hall–Kier alpha value is -2.15. The van der Waals surface area contributed by atoms with E-state index < -0.39 is 0 Å². The number of amides is 1. The van der Waals surface area contributed by atoms with Gasteiger partial charge < -0.3 is 4.90 Å². The summed E-state index contributed by atoms with van der Waals surface area (Å²) in [4.78, 5) is 35.1. The minimum absolute atomic E-state index is 0.0188. The number of aromatic amines is 1. The summed E-state index contributed by atoms with van der Waals surface area (Å²) in [6.07, 6.45) is 8.01. The molecule has 0 spiro atoms. The van der Waals surface area contributed by atoms with Gasteiger partial charge in [0, 0.05) is 62.2 Å². The van der Waals surface area contributed by atoms with Gasteiger partial charge in [-0.1, -0.05) is 26.7 Å². The van der Waals surface area contributed by atoms with Crippen LogP contribution in [-0.2, 0) is 17.8 Å². The van der Waals surface area contributed by atoms with Crippen molar-refractivity contribution in [2.45, 2.75) is 77.3 Å². The van der Waals surface area contributed by atoms with Gasteiger partial charge >= 0.3 is 0 Å². The average molecular weight is 412 g/mol. The smallest absolute Gasteiger partial charge is 0.277 e. The molecule has 162 valence electrons. The molecule has 1 N–H and O–H groups in total. The minimum atomic E-state index is 0.0188. The molecular weight excluding hydrogens is 378 g/mol. The molecule has 7 nitrogen and oxygen atoms in total. The number of hydrogen-bond acceptors (Lipinski definition) is 4. The van der Waals surface area contributed by atoms with Crippen LogP contribution in [0.2, 0.25) is 0 Å². The lowest BCUT2D eigenvalue weighted by Crippen LogP contribution is -2.41. The van der Waals surface area contributed by atoms with Crippen LogP contribution in [0.4, 0.5) is 0 Å². The van der Waals surface area contributed by atoms with Crippen LogP contribution in [0.25, 0.3) is 5.65 Å². The van der Waals surface area contributed by atoms with Gasteiger partial charge in [-0.3, -0.25) is 19.6 Å². The molecule has 1 saturated heterocycles. The molecule has 2 fully saturated rings. The fourth-order valence-electron chi connectivity index (χ4n) is 5.61. The zero-order valence-electron chi connectivity index (χ0n) is 18.2. The number of fused-ring (bicyclic) bond motifs is 2. The second-order valence-corrected chi connectivity index (χ2v) is 9.68. The Balaban J connectivity index is 1.42. The molecule has 2 aromatic heterocycles. The lowest BCUT2D eigenvalue weighted by molar-refractivity contribution is -0.135. The predicted octanol–water partition coefficient (Wildman–Crippen LogP) is 2.69. The number of hydrogen-bond donors (Lipinski definition) is 1. The molecule has 1 aliphatic carbocycles. The Bertz CT molecular complexity index is 1000. The number of carbonyl (C=O) groups is 1. The van der Waals surface area contributed by atoms with Gasteiger partial charge in [-0.15, -0.1) is 0 Å². The van der Waals surface area contributed by atoms with E-state index in [9.17, 15) is 9.59 Å². The highest BCUT2D eigenvalue weighted by Gasteiger charge is 2.30. The molecule has 3 aliphatic rings. The van der Waals surface area contributed by atoms with Gasteiger partial charge in [-0.2, -0.15) is 0 Å². The van der Waals surface area contributed by atoms with Crippen molar-refractivity contribution in [1.29, 1.82) is 0 Å². The van der Waals surface area contributed by atoms with Gasteiger partial charge in [0.05, 0.1) is 11.3 Å². The molecule has 5 rings (SSSR count). The topological polar surface area (TPSA) is 73.7 Å². The maximum Gasteiger partial charge on any atom is 0.277 e. The van der Waals surface area contributed by atoms with Gasteiger partial charge in [0.15, 0.2) is 5.65 Å². The highest BCUT2D eigenvalue weighted by molar-refractivity contribution is 5.78. The number of nitrogens with one attached hydrogen (secondary N) is 1. The van der Waals surface area contributed by atoms with E-state index in [1.165, 1.54) is 25.7 Å². The lowest BCUT2D eigenvalue weighted by atomic mass is 9.94. The van der Waals surface area contributed by atoms with Gasteiger partial charge in [-0.05, 0) is 25.7 Å². The Morgan fingerprint density at radius 1 is 1.17 bits per heavy atom. The van der Waals surface area contributed by atoms with E-state index >= 15 is 0 Å². The van der Waals surface area contributed by atoms with Crippen LogP contribution < -0.4 is 5.56 Å². The van der Waals surface area contributed by atoms with Gasteiger partial charge in [0.25, 0.3) is 5.56 Å². The summed E-state index contributed by atoms with van der Waals surface area (Å²) >= 11 is 0. The van der Waals surface area contributed by atoms with E-state index in [4.69, 9.17) is 4.98 Å². The normalized spacial score (nSPS) is 23.4. The Morgan fingerprint density at radius 2 is 1.97 bits per heavy atom. The first-order valence-electron chi connectivity index (χ1n) is 11.7. The summed E-state index contributed by atoms with van der Waals surface area (Å²) in [6.45, 7) is 7.19. The van der Waals surface area contributed by atoms with Crippen molar-refractivity contribution in [1.82, 2.24) is 24.4 Å². The molecular formula is C23H33N5O2. The first-order chi connectivity index (χ1) is 14.5. The third-order valence-electron chi connectivity index (χ3n) is 7.32. The summed E-state index contributed by atoms with van der Waals surface area (Å²) in [6, 6.07) is 2.66. The fourth-order valence-corrected chi connectivity index (χ4v) is 5.61. The lowest BCUT2D eigenvalue weighted by Gasteiger charge is -2.33. The SMILES string of the molecule is CC(C)C(=O)N1CCCC(c2cc3nc4c(c(=O)n3[nH]2)CN(C2CCCC2)CC4)C1. The van der Waals surface area contributed by atoms with E-state index in [0.717, 1.165) is 61.5 Å². The first-order valence-corrected chi connectivity index (χ1v) is 11.7.